The largest absolute Gasteiger partial charge is 0.494 e. The zero-order chi connectivity index (χ0) is 42.4. The average Bonchev–Trinajstić information content (AvgIpc) is 3.66. The molecule has 2 fully saturated rings. The number of hydrogen-bond acceptors (Lipinski definition) is 10. The van der Waals surface area contributed by atoms with Gasteiger partial charge in [-0.15, -0.1) is 0 Å². The van der Waals surface area contributed by atoms with Crippen LogP contribution in [-0.2, 0) is 28.7 Å². The van der Waals surface area contributed by atoms with Crippen LogP contribution in [0.1, 0.15) is 66.3 Å². The number of piperidine rings is 1. The first-order valence-electron chi connectivity index (χ1n) is 19.9. The molecule has 18 heteroatoms. The molecule has 4 aromatic heterocycles. The van der Waals surface area contributed by atoms with Gasteiger partial charge in [0.2, 0.25) is 5.91 Å². The van der Waals surface area contributed by atoms with Crippen LogP contribution in [0.5, 0.6) is 5.75 Å². The zero-order valence-electron chi connectivity index (χ0n) is 33.0. The molecule has 7 rings (SSSR count). The second-order valence-electron chi connectivity index (χ2n) is 15.3. The van der Waals surface area contributed by atoms with E-state index in [0.717, 1.165) is 91.5 Å². The summed E-state index contributed by atoms with van der Waals surface area (Å²) in [5, 5.41) is 23.7. The van der Waals surface area contributed by atoms with Gasteiger partial charge < -0.3 is 35.3 Å². The van der Waals surface area contributed by atoms with Crippen molar-refractivity contribution in [1.82, 2.24) is 29.6 Å². The molecule has 1 atom stereocenters. The number of nitrogens with zero attached hydrogens (tertiary/aromatic N) is 6. The molecule has 5 heterocycles. The number of aliphatic carboxylic acids is 1. The summed E-state index contributed by atoms with van der Waals surface area (Å²) >= 11 is 0. The number of carbonyl (C=O) groups excluding carboxylic acids is 2. The quantitative estimate of drug-likeness (QED) is 0.0997. The lowest BCUT2D eigenvalue weighted by molar-refractivity contribution is -0.141. The van der Waals surface area contributed by atoms with Crippen LogP contribution in [0.2, 0.25) is 0 Å². The maximum atomic E-state index is 13.2. The third kappa shape index (κ3) is 10.3. The van der Waals surface area contributed by atoms with E-state index in [2.05, 4.69) is 36.9 Å². The van der Waals surface area contributed by atoms with Crippen LogP contribution in [0.3, 0.4) is 0 Å². The van der Waals surface area contributed by atoms with Crippen LogP contribution in [-0.4, -0.2) is 80.5 Å². The van der Waals surface area contributed by atoms with Gasteiger partial charge in [-0.2, -0.15) is 18.3 Å². The Kier molecular flexibility index (Phi) is 12.8. The van der Waals surface area contributed by atoms with E-state index in [0.29, 0.717) is 41.5 Å². The highest BCUT2D eigenvalue weighted by Crippen LogP contribution is 2.35. The topological polar surface area (TPSA) is 186 Å². The highest BCUT2D eigenvalue weighted by Gasteiger charge is 2.33. The van der Waals surface area contributed by atoms with E-state index in [1.807, 2.05) is 23.3 Å². The zero-order valence-corrected chi connectivity index (χ0v) is 33.0. The number of methoxy groups -OCH3 is 1. The number of hydrogen-bond donors (Lipinski definition) is 4. The number of aromatic nitrogens is 5. The van der Waals surface area contributed by atoms with Crippen molar-refractivity contribution in [2.75, 3.05) is 48.8 Å². The Morgan fingerprint density at radius 1 is 0.983 bits per heavy atom. The number of fused-ring (bicyclic) bond motifs is 1. The lowest BCUT2D eigenvalue weighted by Crippen LogP contribution is -2.41. The molecule has 60 heavy (non-hydrogen) atoms. The first-order valence-corrected chi connectivity index (χ1v) is 19.9. The van der Waals surface area contributed by atoms with Gasteiger partial charge >= 0.3 is 12.1 Å². The Hall–Kier alpha value is -6.30. The van der Waals surface area contributed by atoms with Gasteiger partial charge in [-0.25, -0.2) is 4.98 Å². The average molecular weight is 830 g/mol. The molecule has 316 valence electrons. The number of amides is 2. The van der Waals surface area contributed by atoms with E-state index in [1.165, 1.54) is 31.5 Å². The number of carboxylic acid groups (broad SMARTS) is 1. The summed E-state index contributed by atoms with van der Waals surface area (Å²) in [6, 6.07) is 11.6. The van der Waals surface area contributed by atoms with Gasteiger partial charge in [0.25, 0.3) is 11.5 Å². The molecule has 15 nitrogen and oxygen atoms in total. The van der Waals surface area contributed by atoms with E-state index < -0.39 is 35.9 Å². The van der Waals surface area contributed by atoms with Crippen LogP contribution in [0, 0.1) is 11.8 Å². The highest BCUT2D eigenvalue weighted by atomic mass is 19.4. The molecule has 0 spiro atoms. The molecule has 1 aliphatic carbocycles. The van der Waals surface area contributed by atoms with Crippen LogP contribution in [0.4, 0.5) is 30.2 Å². The molecule has 0 radical (unpaired) electrons. The molecule has 2 amide bonds. The molecule has 2 aliphatic rings. The van der Waals surface area contributed by atoms with Crippen molar-refractivity contribution in [3.05, 3.63) is 101 Å². The first-order chi connectivity index (χ1) is 28.8. The van der Waals surface area contributed by atoms with Gasteiger partial charge in [0.05, 0.1) is 47.8 Å². The smallest absolute Gasteiger partial charge is 0.433 e. The third-order valence-corrected chi connectivity index (χ3v) is 11.1. The molecular weight excluding hydrogens is 784 g/mol. The molecule has 1 saturated carbocycles. The Morgan fingerprint density at radius 3 is 2.57 bits per heavy atom. The minimum atomic E-state index is -4.67. The fraction of sp³-hybridized carbons (Fsp3) is 0.405. The molecule has 1 aliphatic heterocycles. The number of ether oxygens (including phenoxy) is 1. The van der Waals surface area contributed by atoms with Crippen LogP contribution >= 0.6 is 0 Å². The first kappa shape index (κ1) is 41.8. The summed E-state index contributed by atoms with van der Waals surface area (Å²) in [6.07, 6.45) is 8.54. The molecular formula is C42H46F3N9O6. The van der Waals surface area contributed by atoms with E-state index in [1.54, 1.807) is 12.1 Å². The van der Waals surface area contributed by atoms with Crippen molar-refractivity contribution in [1.29, 1.82) is 0 Å². The Morgan fingerprint density at radius 2 is 1.80 bits per heavy atom. The van der Waals surface area contributed by atoms with Crippen LogP contribution in [0.25, 0.3) is 10.9 Å². The van der Waals surface area contributed by atoms with Crippen molar-refractivity contribution in [3.63, 3.8) is 0 Å². The minimum Gasteiger partial charge on any atom is -0.494 e. The standard InChI is InChI=1S/C42H46F3N9O6/c1-60-36-18-34-29(17-35(36)50-41(59)33-5-2-6-37(49-33)42(43,44)45)23-54(51-34)31-10-7-26(8-11-31)19-46-14-13-27-16-32(21-47-20-27)52-15-3-4-28(22-52)40(58)48-30-9-12-38(55)53(24-30)25-39(56)57/h2,5-6,9,12,16-18,20-21,23-24,26,28,31,46H,3-4,7-8,10-11,13-15,19,22,25H2,1H3,(H,48,58)(H,50,59)(H,56,57)/t26?,28-,31?/m0/s1. The number of rotatable bonds is 14. The number of carboxylic acids is 1. The molecule has 1 aromatic carbocycles. The Labute approximate surface area is 343 Å². The second-order valence-corrected chi connectivity index (χ2v) is 15.3. The van der Waals surface area contributed by atoms with Gasteiger partial charge in [0.15, 0.2) is 0 Å². The molecule has 0 unspecified atom stereocenters. The molecule has 0 bridgehead atoms. The number of halogens is 3. The maximum Gasteiger partial charge on any atom is 0.433 e. The summed E-state index contributed by atoms with van der Waals surface area (Å²) in [4.78, 5) is 59.3. The summed E-state index contributed by atoms with van der Waals surface area (Å²) in [5.74, 6) is -1.57. The predicted molar refractivity (Wildman–Crippen MR) is 217 cm³/mol. The van der Waals surface area contributed by atoms with Gasteiger partial charge in [-0.3, -0.25) is 28.8 Å². The monoisotopic (exact) mass is 829 g/mol. The fourth-order valence-corrected chi connectivity index (χ4v) is 7.91. The van der Waals surface area contributed by atoms with E-state index in [9.17, 15) is 32.3 Å². The van der Waals surface area contributed by atoms with Gasteiger partial charge in [-0.05, 0) is 99.8 Å². The minimum absolute atomic E-state index is 0.183. The third-order valence-electron chi connectivity index (χ3n) is 11.1. The lowest BCUT2D eigenvalue weighted by atomic mass is 9.86. The van der Waals surface area contributed by atoms with Crippen molar-refractivity contribution >= 4 is 45.7 Å². The normalized spacial score (nSPS) is 18.3. The van der Waals surface area contributed by atoms with Crippen molar-refractivity contribution in [2.45, 2.75) is 63.7 Å². The number of alkyl halides is 3. The van der Waals surface area contributed by atoms with E-state index >= 15 is 0 Å². The lowest BCUT2D eigenvalue weighted by Gasteiger charge is -2.33. The maximum absolute atomic E-state index is 13.2. The number of pyridine rings is 3. The van der Waals surface area contributed by atoms with Crippen LogP contribution in [0.15, 0.2) is 78.1 Å². The second kappa shape index (κ2) is 18.3. The molecule has 1 saturated heterocycles. The fourth-order valence-electron chi connectivity index (χ4n) is 7.91. The van der Waals surface area contributed by atoms with Crippen molar-refractivity contribution in [2.24, 2.45) is 11.8 Å². The van der Waals surface area contributed by atoms with E-state index in [4.69, 9.17) is 14.9 Å². The highest BCUT2D eigenvalue weighted by molar-refractivity contribution is 6.05. The molecule has 4 N–H and O–H groups in total. The number of carbonyl (C=O) groups is 3. The SMILES string of the molecule is COc1cc2nn(C3CCC(CNCCc4cncc(N5CCC[C@H](C(=O)Nc6ccc(=O)n(CC(=O)O)c6)C5)c4)CC3)cc2cc1NC(=O)c1cccc(C(F)(F)F)n1. The summed E-state index contributed by atoms with van der Waals surface area (Å²) < 4.78 is 48.0. The van der Waals surface area contributed by atoms with E-state index in [-0.39, 0.29) is 23.6 Å². The van der Waals surface area contributed by atoms with Gasteiger partial charge in [0, 0.05) is 49.2 Å². The Bertz CT molecular complexity index is 2410. The predicted octanol–water partition coefficient (Wildman–Crippen LogP) is 5.77. The number of nitrogens with one attached hydrogen (secondary N) is 3. The summed E-state index contributed by atoms with van der Waals surface area (Å²) in [7, 11) is 1.44. The van der Waals surface area contributed by atoms with Crippen molar-refractivity contribution < 1.29 is 37.4 Å². The number of anilines is 3. The summed E-state index contributed by atoms with van der Waals surface area (Å²) in [6.45, 7) is 2.50. The molecule has 5 aromatic rings. The van der Waals surface area contributed by atoms with Gasteiger partial charge in [0.1, 0.15) is 23.7 Å². The summed E-state index contributed by atoms with van der Waals surface area (Å²) in [5.41, 5.74) is 1.42. The van der Waals surface area contributed by atoms with Gasteiger partial charge in [-0.1, -0.05) is 6.07 Å². The number of benzene rings is 1. The van der Waals surface area contributed by atoms with Crippen molar-refractivity contribution in [3.8, 4) is 5.75 Å². The Balaban J connectivity index is 0.867. The van der Waals surface area contributed by atoms with Crippen LogP contribution < -0.4 is 31.1 Å².